The standard InChI is InChI=1S/C22H19B10N/c1-3-15-9-8-14-20(33(15)31(30-25)22(23,28-24)29-32(26)27)21(2)18-12-6-4-10-16(18)17-11-5-7-13-19(17)21/h4-14H,3H2,1-2H3/q+1. The summed E-state index contributed by atoms with van der Waals surface area (Å²) in [5, 5.41) is -1.15. The van der Waals surface area contributed by atoms with Gasteiger partial charge in [-0.25, -0.2) is 0 Å². The highest BCUT2D eigenvalue weighted by atomic mass is 14.9. The third-order valence-electron chi connectivity index (χ3n) is 6.95. The van der Waals surface area contributed by atoms with E-state index in [1.165, 1.54) is 29.4 Å². The number of nitrogens with zero attached hydrogens (tertiary/aromatic N) is 1. The van der Waals surface area contributed by atoms with Gasteiger partial charge in [0.25, 0.3) is 0 Å². The van der Waals surface area contributed by atoms with Crippen LogP contribution in [-0.4, -0.2) is 73.3 Å². The SMILES string of the molecule is [B][B]B([n+]1c(CC)cccc1C1(C)c2ccccc2-c2ccccc21)C([B])([B][B])[B]B([B])[B]. The van der Waals surface area contributed by atoms with Crippen molar-refractivity contribution in [3.63, 3.8) is 0 Å². The highest BCUT2D eigenvalue weighted by Crippen LogP contribution is 2.51. The van der Waals surface area contributed by atoms with Crippen molar-refractivity contribution >= 4 is 73.3 Å². The van der Waals surface area contributed by atoms with Crippen LogP contribution in [0.1, 0.15) is 36.4 Å². The van der Waals surface area contributed by atoms with Gasteiger partial charge >= 0.3 is 6.74 Å². The van der Waals surface area contributed by atoms with E-state index >= 15 is 0 Å². The molecule has 0 spiro atoms. The minimum absolute atomic E-state index is 0.431. The van der Waals surface area contributed by atoms with Crippen LogP contribution in [0.5, 0.6) is 0 Å². The van der Waals surface area contributed by atoms with Crippen LogP contribution >= 0.6 is 0 Å². The van der Waals surface area contributed by atoms with Gasteiger partial charge in [-0.1, -0.05) is 60.5 Å². The van der Waals surface area contributed by atoms with Crippen molar-refractivity contribution in [1.29, 1.82) is 0 Å². The van der Waals surface area contributed by atoms with Gasteiger partial charge in [-0.3, -0.25) is 4.48 Å². The molecule has 1 aromatic heterocycles. The fourth-order valence-corrected chi connectivity index (χ4v) is 5.38. The molecule has 0 N–H and O–H groups in total. The van der Waals surface area contributed by atoms with Crippen molar-refractivity contribution in [2.45, 2.75) is 30.7 Å². The van der Waals surface area contributed by atoms with Crippen LogP contribution in [0, 0.1) is 0 Å². The molecular formula is C22H19B10N+. The molecule has 1 aliphatic rings. The van der Waals surface area contributed by atoms with Crippen molar-refractivity contribution in [1.82, 2.24) is 0 Å². The molecule has 11 heteroatoms. The molecule has 4 rings (SSSR count). The average Bonchev–Trinajstić information content (AvgIpc) is 3.09. The van der Waals surface area contributed by atoms with Crippen LogP contribution in [0.3, 0.4) is 0 Å². The summed E-state index contributed by atoms with van der Waals surface area (Å²) in [7, 11) is 35.6. The summed E-state index contributed by atoms with van der Waals surface area (Å²) in [6.07, 6.45) is 0.0333. The second kappa shape index (κ2) is 9.47. The zero-order valence-corrected chi connectivity index (χ0v) is 19.3. The van der Waals surface area contributed by atoms with Crippen LogP contribution in [0.25, 0.3) is 11.1 Å². The molecule has 0 saturated carbocycles. The maximum Gasteiger partial charge on any atom is 0.401 e. The molecule has 33 heavy (non-hydrogen) atoms. The topological polar surface area (TPSA) is 3.88 Å². The third-order valence-corrected chi connectivity index (χ3v) is 6.95. The Morgan fingerprint density at radius 2 is 1.48 bits per heavy atom. The van der Waals surface area contributed by atoms with Gasteiger partial charge in [0.05, 0.1) is 0 Å². The molecule has 1 heterocycles. The van der Waals surface area contributed by atoms with Crippen LogP contribution in [-0.2, 0) is 11.8 Å². The molecule has 13 radical (unpaired) electrons. The number of benzene rings is 2. The van der Waals surface area contributed by atoms with Crippen LogP contribution in [0.15, 0.2) is 66.7 Å². The van der Waals surface area contributed by atoms with E-state index in [-0.39, 0.29) is 0 Å². The van der Waals surface area contributed by atoms with E-state index in [9.17, 15) is 0 Å². The zero-order chi connectivity index (χ0) is 23.8. The molecule has 0 aliphatic heterocycles. The summed E-state index contributed by atoms with van der Waals surface area (Å²) in [4.78, 5) is 0. The molecule has 141 valence electrons. The van der Waals surface area contributed by atoms with Gasteiger partial charge in [0, 0.05) is 78.1 Å². The van der Waals surface area contributed by atoms with Crippen molar-refractivity contribution in [2.24, 2.45) is 0 Å². The van der Waals surface area contributed by atoms with Crippen LogP contribution < -0.4 is 4.48 Å². The molecule has 3 aromatic rings. The minimum Gasteiger partial charge on any atom is -0.294 e. The Morgan fingerprint density at radius 3 is 1.97 bits per heavy atom. The molecule has 0 saturated heterocycles. The van der Waals surface area contributed by atoms with E-state index in [1.54, 1.807) is 14.2 Å². The van der Waals surface area contributed by atoms with E-state index in [4.69, 9.17) is 38.8 Å². The van der Waals surface area contributed by atoms with E-state index < -0.39 is 23.6 Å². The quantitative estimate of drug-likeness (QED) is 0.483. The average molecular weight is 406 g/mol. The highest BCUT2D eigenvalue weighted by molar-refractivity contribution is 7.57. The van der Waals surface area contributed by atoms with Crippen molar-refractivity contribution in [2.75, 3.05) is 0 Å². The van der Waals surface area contributed by atoms with E-state index in [2.05, 4.69) is 85.1 Å². The maximum atomic E-state index is 6.78. The first-order valence-corrected chi connectivity index (χ1v) is 11.3. The van der Waals surface area contributed by atoms with E-state index in [0.717, 1.165) is 17.8 Å². The summed E-state index contributed by atoms with van der Waals surface area (Å²) in [6, 6.07) is 23.4. The maximum absolute atomic E-state index is 6.78. The van der Waals surface area contributed by atoms with Crippen LogP contribution in [0.4, 0.5) is 0 Å². The number of aryl methyl sites for hydroxylation is 1. The Kier molecular flexibility index (Phi) is 7.00. The van der Waals surface area contributed by atoms with Gasteiger partial charge in [0.1, 0.15) is 12.5 Å². The largest absolute Gasteiger partial charge is 0.401 e. The summed E-state index contributed by atoms with van der Waals surface area (Å²) in [5.74, 6) is 0. The second-order valence-electron chi connectivity index (χ2n) is 8.89. The fraction of sp³-hybridized carbons (Fsp3) is 0.227. The van der Waals surface area contributed by atoms with Gasteiger partial charge in [-0.15, -0.1) is 0 Å². The molecule has 0 fully saturated rings. The number of pyridine rings is 1. The summed E-state index contributed by atoms with van der Waals surface area (Å²) in [5.41, 5.74) is 6.67. The fourth-order valence-electron chi connectivity index (χ4n) is 5.38. The number of fused-ring (bicyclic) bond motifs is 3. The highest BCUT2D eigenvalue weighted by Gasteiger charge is 2.51. The lowest BCUT2D eigenvalue weighted by atomic mass is 8.84. The van der Waals surface area contributed by atoms with Crippen molar-refractivity contribution < 1.29 is 4.48 Å². The predicted octanol–water partition coefficient (Wildman–Crippen LogP) is 0.590. The molecule has 1 nitrogen and oxygen atoms in total. The summed E-state index contributed by atoms with van der Waals surface area (Å²) in [6.45, 7) is 3.88. The molecular weight excluding hydrogens is 386 g/mol. The van der Waals surface area contributed by atoms with Gasteiger partial charge in [-0.2, -0.15) is 0 Å². The number of hydrogen-bond acceptors (Lipinski definition) is 0. The first-order chi connectivity index (χ1) is 15.8. The molecule has 1 unspecified atom stereocenters. The first-order valence-electron chi connectivity index (χ1n) is 11.3. The third kappa shape index (κ3) is 3.94. The van der Waals surface area contributed by atoms with Gasteiger partial charge in [-0.05, 0) is 35.2 Å². The Hall–Kier alpha value is -1.76. The Morgan fingerprint density at radius 1 is 0.909 bits per heavy atom. The smallest absolute Gasteiger partial charge is 0.294 e. The summed E-state index contributed by atoms with van der Waals surface area (Å²) >= 11 is 0. The summed E-state index contributed by atoms with van der Waals surface area (Å²) < 4.78 is 2.21. The van der Waals surface area contributed by atoms with Crippen molar-refractivity contribution in [3.8, 4) is 11.1 Å². The Labute approximate surface area is 208 Å². The lowest BCUT2D eigenvalue weighted by molar-refractivity contribution is -0.556. The first kappa shape index (κ1) is 24.4. The number of rotatable bonds is 8. The second-order valence-corrected chi connectivity index (χ2v) is 8.89. The lowest BCUT2D eigenvalue weighted by Gasteiger charge is -2.36. The normalized spacial score (nSPS) is 15.0. The monoisotopic (exact) mass is 407 g/mol. The Balaban J connectivity index is 2.03. The molecule has 2 aromatic carbocycles. The lowest BCUT2D eigenvalue weighted by Crippen LogP contribution is -2.71. The Bertz CT molecular complexity index is 1110. The van der Waals surface area contributed by atoms with E-state index in [1.807, 2.05) is 0 Å². The zero-order valence-electron chi connectivity index (χ0n) is 19.3. The molecule has 0 amide bonds. The van der Waals surface area contributed by atoms with Crippen LogP contribution in [0.2, 0.25) is 5.01 Å². The predicted molar refractivity (Wildman–Crippen MR) is 149 cm³/mol. The van der Waals surface area contributed by atoms with Gasteiger partial charge in [0.2, 0.25) is 0 Å². The number of aromatic nitrogens is 1. The van der Waals surface area contributed by atoms with E-state index in [0.29, 0.717) is 0 Å². The number of hydrogen-bond donors (Lipinski definition) is 0. The molecule has 0 bridgehead atoms. The molecule has 1 atom stereocenters. The molecule has 1 aliphatic carbocycles. The van der Waals surface area contributed by atoms with Crippen molar-refractivity contribution in [3.05, 3.63) is 89.2 Å². The minimum atomic E-state index is -1.15. The van der Waals surface area contributed by atoms with Gasteiger partial charge in [0.15, 0.2) is 11.4 Å². The van der Waals surface area contributed by atoms with Gasteiger partial charge < -0.3 is 0 Å².